The highest BCUT2D eigenvalue weighted by molar-refractivity contribution is 5.94. The van der Waals surface area contributed by atoms with E-state index in [0.29, 0.717) is 23.7 Å². The summed E-state index contributed by atoms with van der Waals surface area (Å²) in [6.45, 7) is 0.405. The second-order valence-electron chi connectivity index (χ2n) is 5.39. The highest BCUT2D eigenvalue weighted by Gasteiger charge is 2.06. The Morgan fingerprint density at radius 2 is 2.12 bits per heavy atom. The number of nitrogens with two attached hydrogens (primary N) is 1. The van der Waals surface area contributed by atoms with Crippen LogP contribution in [0, 0.1) is 0 Å². The quantitative estimate of drug-likeness (QED) is 0.521. The van der Waals surface area contributed by atoms with Crippen molar-refractivity contribution in [2.75, 3.05) is 19.5 Å². The molecule has 0 fully saturated rings. The molecule has 2 heterocycles. The third kappa shape index (κ3) is 4.10. The van der Waals surface area contributed by atoms with Crippen LogP contribution in [0.1, 0.15) is 5.56 Å². The van der Waals surface area contributed by atoms with Crippen LogP contribution in [-0.4, -0.2) is 34.7 Å². The van der Waals surface area contributed by atoms with Gasteiger partial charge in [-0.05, 0) is 23.8 Å². The molecule has 3 rings (SSSR count). The second-order valence-corrected chi connectivity index (χ2v) is 5.39. The molecule has 0 amide bonds. The molecule has 0 spiro atoms. The van der Waals surface area contributed by atoms with Crippen molar-refractivity contribution in [3.8, 4) is 17.3 Å². The molecule has 26 heavy (non-hydrogen) atoms. The molecule has 0 aliphatic heterocycles. The minimum absolute atomic E-state index is 0.273. The summed E-state index contributed by atoms with van der Waals surface area (Å²) in [6, 6.07) is 9.26. The summed E-state index contributed by atoms with van der Waals surface area (Å²) in [5.74, 6) is 2.41. The van der Waals surface area contributed by atoms with Crippen LogP contribution in [0.2, 0.25) is 0 Å². The van der Waals surface area contributed by atoms with Gasteiger partial charge in [-0.2, -0.15) is 0 Å². The fourth-order valence-corrected chi connectivity index (χ4v) is 2.32. The van der Waals surface area contributed by atoms with Gasteiger partial charge in [0.25, 0.3) is 0 Å². The summed E-state index contributed by atoms with van der Waals surface area (Å²) in [5, 5.41) is 3.03. The molecule has 134 valence electrons. The largest absolute Gasteiger partial charge is 0.497 e. The van der Waals surface area contributed by atoms with E-state index in [1.807, 2.05) is 29.0 Å². The number of ether oxygens (including phenoxy) is 2. The van der Waals surface area contributed by atoms with Gasteiger partial charge in [0.1, 0.15) is 23.6 Å². The van der Waals surface area contributed by atoms with Gasteiger partial charge in [-0.25, -0.2) is 15.0 Å². The van der Waals surface area contributed by atoms with Crippen LogP contribution in [0.5, 0.6) is 11.5 Å². The first-order valence-corrected chi connectivity index (χ1v) is 7.92. The molecule has 8 heteroatoms. The van der Waals surface area contributed by atoms with Crippen molar-refractivity contribution < 1.29 is 9.47 Å². The summed E-state index contributed by atoms with van der Waals surface area (Å²) < 4.78 is 12.4. The highest BCUT2D eigenvalue weighted by Crippen LogP contribution is 2.28. The number of anilines is 1. The molecule has 2 aromatic heterocycles. The molecule has 8 nitrogen and oxygen atoms in total. The molecule has 0 atom stereocenters. The van der Waals surface area contributed by atoms with Crippen LogP contribution in [0.15, 0.2) is 60.2 Å². The minimum Gasteiger partial charge on any atom is -0.497 e. The van der Waals surface area contributed by atoms with Crippen LogP contribution < -0.4 is 20.5 Å². The van der Waals surface area contributed by atoms with Crippen molar-refractivity contribution in [3.63, 3.8) is 0 Å². The lowest BCUT2D eigenvalue weighted by atomic mass is 10.2. The first-order chi connectivity index (χ1) is 12.7. The van der Waals surface area contributed by atoms with Gasteiger partial charge >= 0.3 is 0 Å². The Balaban J connectivity index is 1.67. The van der Waals surface area contributed by atoms with E-state index in [2.05, 4.69) is 20.3 Å². The van der Waals surface area contributed by atoms with Gasteiger partial charge in [0.05, 0.1) is 26.5 Å². The molecule has 3 aromatic rings. The molecule has 1 aromatic carbocycles. The molecule has 3 N–H and O–H groups in total. The number of rotatable bonds is 6. The third-order valence-electron chi connectivity index (χ3n) is 3.68. The lowest BCUT2D eigenvalue weighted by Gasteiger charge is -2.12. The number of imidazole rings is 1. The Bertz CT molecular complexity index is 875. The Morgan fingerprint density at radius 1 is 1.23 bits per heavy atom. The summed E-state index contributed by atoms with van der Waals surface area (Å²) in [5.41, 5.74) is 7.61. The van der Waals surface area contributed by atoms with E-state index in [0.717, 1.165) is 11.4 Å². The van der Waals surface area contributed by atoms with Crippen LogP contribution >= 0.6 is 0 Å². The van der Waals surface area contributed by atoms with E-state index >= 15 is 0 Å². The van der Waals surface area contributed by atoms with E-state index in [1.54, 1.807) is 45.1 Å². The fraction of sp³-hybridized carbons (Fsp3) is 0.167. The maximum absolute atomic E-state index is 5.99. The zero-order chi connectivity index (χ0) is 18.4. The van der Waals surface area contributed by atoms with Crippen LogP contribution in [0.25, 0.3) is 5.82 Å². The predicted octanol–water partition coefficient (Wildman–Crippen LogP) is 2.21. The third-order valence-corrected chi connectivity index (χ3v) is 3.68. The monoisotopic (exact) mass is 352 g/mol. The van der Waals surface area contributed by atoms with Crippen molar-refractivity contribution in [3.05, 3.63) is 60.8 Å². The van der Waals surface area contributed by atoms with Crippen molar-refractivity contribution in [1.82, 2.24) is 14.5 Å². The normalized spacial score (nSPS) is 11.2. The van der Waals surface area contributed by atoms with Crippen LogP contribution in [0.3, 0.4) is 0 Å². The lowest BCUT2D eigenvalue weighted by Crippen LogP contribution is -2.23. The van der Waals surface area contributed by atoms with Crippen molar-refractivity contribution in [1.29, 1.82) is 0 Å². The maximum atomic E-state index is 5.99. The van der Waals surface area contributed by atoms with E-state index in [4.69, 9.17) is 15.2 Å². The van der Waals surface area contributed by atoms with Gasteiger partial charge in [-0.1, -0.05) is 6.07 Å². The van der Waals surface area contributed by atoms with Crippen molar-refractivity contribution >= 4 is 11.6 Å². The zero-order valence-electron chi connectivity index (χ0n) is 14.6. The number of aromatic nitrogens is 3. The maximum Gasteiger partial charge on any atom is 0.193 e. The van der Waals surface area contributed by atoms with Gasteiger partial charge in [0, 0.05) is 24.7 Å². The number of pyridine rings is 1. The van der Waals surface area contributed by atoms with Crippen molar-refractivity contribution in [2.24, 2.45) is 10.7 Å². The average molecular weight is 352 g/mol. The second kappa shape index (κ2) is 8.02. The molecular formula is C18H20N6O2. The smallest absolute Gasteiger partial charge is 0.193 e. The molecule has 0 radical (unpaired) electrons. The number of benzene rings is 1. The van der Waals surface area contributed by atoms with Gasteiger partial charge in [-0.3, -0.25) is 4.57 Å². The Morgan fingerprint density at radius 3 is 2.77 bits per heavy atom. The van der Waals surface area contributed by atoms with E-state index < -0.39 is 0 Å². The van der Waals surface area contributed by atoms with Gasteiger partial charge in [0.2, 0.25) is 0 Å². The molecule has 0 saturated carbocycles. The first-order valence-electron chi connectivity index (χ1n) is 7.92. The molecule has 0 bridgehead atoms. The Labute approximate surface area is 151 Å². The van der Waals surface area contributed by atoms with E-state index in [9.17, 15) is 0 Å². The number of nitrogens with one attached hydrogen (secondary N) is 1. The molecule has 0 saturated heterocycles. The molecule has 0 aliphatic carbocycles. The topological polar surface area (TPSA) is 99.6 Å². The van der Waals surface area contributed by atoms with Crippen LogP contribution in [-0.2, 0) is 6.54 Å². The number of nitrogens with zero attached hydrogens (tertiary/aromatic N) is 4. The van der Waals surface area contributed by atoms with Gasteiger partial charge in [-0.15, -0.1) is 0 Å². The molecule has 0 unspecified atom stereocenters. The average Bonchev–Trinajstić information content (AvgIpc) is 3.21. The van der Waals surface area contributed by atoms with Gasteiger partial charge in [0.15, 0.2) is 5.96 Å². The Kier molecular flexibility index (Phi) is 5.33. The minimum atomic E-state index is 0.273. The predicted molar refractivity (Wildman–Crippen MR) is 99.9 cm³/mol. The first kappa shape index (κ1) is 17.3. The summed E-state index contributed by atoms with van der Waals surface area (Å²) >= 11 is 0. The fourth-order valence-electron chi connectivity index (χ4n) is 2.32. The number of hydrogen-bond acceptors (Lipinski definition) is 5. The standard InChI is InChI=1S/C18H20N6O2/c1-25-14-4-5-16(26-2)15(9-14)23-18(19)22-11-13-3-6-17(21-10-13)24-8-7-20-12-24/h3-10,12H,11H2,1-2H3,(H3,19,22,23). The summed E-state index contributed by atoms with van der Waals surface area (Å²) in [7, 11) is 3.19. The molecular weight excluding hydrogens is 332 g/mol. The number of methoxy groups -OCH3 is 2. The number of guanidine groups is 1. The summed E-state index contributed by atoms with van der Waals surface area (Å²) in [4.78, 5) is 12.7. The number of hydrogen-bond donors (Lipinski definition) is 2. The summed E-state index contributed by atoms with van der Waals surface area (Å²) in [6.07, 6.45) is 7.00. The van der Waals surface area contributed by atoms with Crippen molar-refractivity contribution in [2.45, 2.75) is 6.54 Å². The SMILES string of the molecule is COc1ccc(OC)c(NC(N)=NCc2ccc(-n3ccnc3)nc2)c1. The van der Waals surface area contributed by atoms with Gasteiger partial charge < -0.3 is 20.5 Å². The van der Waals surface area contributed by atoms with E-state index in [1.165, 1.54) is 0 Å². The Hall–Kier alpha value is -3.55. The molecule has 0 aliphatic rings. The van der Waals surface area contributed by atoms with E-state index in [-0.39, 0.29) is 5.96 Å². The highest BCUT2D eigenvalue weighted by atomic mass is 16.5. The zero-order valence-corrected chi connectivity index (χ0v) is 14.6. The van der Waals surface area contributed by atoms with Crippen LogP contribution in [0.4, 0.5) is 5.69 Å². The lowest BCUT2D eigenvalue weighted by molar-refractivity contribution is 0.405. The number of aliphatic imine (C=N–C) groups is 1.